The molecule has 19 heavy (non-hydrogen) atoms. The van der Waals surface area contributed by atoms with Crippen LogP contribution < -0.4 is 5.73 Å². The monoisotopic (exact) mass is 282 g/mol. The van der Waals surface area contributed by atoms with Crippen molar-refractivity contribution in [2.75, 3.05) is 18.8 Å². The van der Waals surface area contributed by atoms with Crippen molar-refractivity contribution < 1.29 is 4.79 Å². The van der Waals surface area contributed by atoms with Crippen molar-refractivity contribution in [2.45, 2.75) is 39.5 Å². The van der Waals surface area contributed by atoms with Crippen molar-refractivity contribution in [2.24, 2.45) is 0 Å². The van der Waals surface area contributed by atoms with E-state index in [1.54, 1.807) is 18.2 Å². The molecule has 4 heteroatoms. The standard InChI is InChI=1S/C15H23ClN2O/c1-3-5-9-18(10-6-4-2)15(19)13-11-12(16)7-8-14(13)17/h7-8,11H,3-6,9-10,17H2,1-2H3. The zero-order chi connectivity index (χ0) is 14.3. The number of nitrogens with zero attached hydrogens (tertiary/aromatic N) is 1. The van der Waals surface area contributed by atoms with Crippen LogP contribution in [-0.4, -0.2) is 23.9 Å². The van der Waals surface area contributed by atoms with Crippen LogP contribution in [0.4, 0.5) is 5.69 Å². The maximum atomic E-state index is 12.5. The van der Waals surface area contributed by atoms with Gasteiger partial charge in [0.05, 0.1) is 5.56 Å². The minimum Gasteiger partial charge on any atom is -0.398 e. The van der Waals surface area contributed by atoms with Crippen LogP contribution >= 0.6 is 11.6 Å². The van der Waals surface area contributed by atoms with Crippen molar-refractivity contribution in [3.05, 3.63) is 28.8 Å². The summed E-state index contributed by atoms with van der Waals surface area (Å²) in [4.78, 5) is 14.4. The van der Waals surface area contributed by atoms with Crippen molar-refractivity contribution in [1.82, 2.24) is 4.90 Å². The van der Waals surface area contributed by atoms with Crippen LogP contribution in [0.3, 0.4) is 0 Å². The number of nitrogen functional groups attached to an aromatic ring is 1. The normalized spacial score (nSPS) is 10.5. The number of unbranched alkanes of at least 4 members (excludes halogenated alkanes) is 2. The molecule has 0 heterocycles. The number of carbonyl (C=O) groups excluding carboxylic acids is 1. The number of hydrogen-bond acceptors (Lipinski definition) is 2. The minimum atomic E-state index is -0.0121. The molecule has 0 aliphatic heterocycles. The summed E-state index contributed by atoms with van der Waals surface area (Å²) in [6.07, 6.45) is 4.16. The molecule has 1 aromatic rings. The fraction of sp³-hybridized carbons (Fsp3) is 0.533. The summed E-state index contributed by atoms with van der Waals surface area (Å²) in [6, 6.07) is 5.05. The number of anilines is 1. The number of halogens is 1. The molecular formula is C15H23ClN2O. The SMILES string of the molecule is CCCCN(CCCC)C(=O)c1cc(Cl)ccc1N. The van der Waals surface area contributed by atoms with Gasteiger partial charge in [-0.3, -0.25) is 4.79 Å². The summed E-state index contributed by atoms with van der Waals surface area (Å²) < 4.78 is 0. The molecule has 1 amide bonds. The first-order chi connectivity index (χ1) is 9.10. The predicted molar refractivity (Wildman–Crippen MR) is 81.6 cm³/mol. The van der Waals surface area contributed by atoms with Crippen LogP contribution in [0.5, 0.6) is 0 Å². The van der Waals surface area contributed by atoms with Gasteiger partial charge in [-0.2, -0.15) is 0 Å². The molecule has 0 fully saturated rings. The van der Waals surface area contributed by atoms with Crippen LogP contribution in [-0.2, 0) is 0 Å². The van der Waals surface area contributed by atoms with Crippen LogP contribution in [0.25, 0.3) is 0 Å². The molecule has 2 N–H and O–H groups in total. The van der Waals surface area contributed by atoms with E-state index in [9.17, 15) is 4.79 Å². The first-order valence-electron chi connectivity index (χ1n) is 6.94. The van der Waals surface area contributed by atoms with E-state index in [0.717, 1.165) is 38.8 Å². The van der Waals surface area contributed by atoms with Gasteiger partial charge >= 0.3 is 0 Å². The van der Waals surface area contributed by atoms with Gasteiger partial charge in [0.25, 0.3) is 5.91 Å². The Morgan fingerprint density at radius 2 is 1.79 bits per heavy atom. The van der Waals surface area contributed by atoms with Crippen LogP contribution in [0.1, 0.15) is 49.9 Å². The van der Waals surface area contributed by atoms with E-state index in [1.807, 2.05) is 4.90 Å². The summed E-state index contributed by atoms with van der Waals surface area (Å²) in [5, 5.41) is 0.545. The van der Waals surface area contributed by atoms with Crippen molar-refractivity contribution >= 4 is 23.2 Å². The van der Waals surface area contributed by atoms with Gasteiger partial charge in [0, 0.05) is 23.8 Å². The smallest absolute Gasteiger partial charge is 0.255 e. The number of hydrogen-bond donors (Lipinski definition) is 1. The molecule has 0 aliphatic rings. The topological polar surface area (TPSA) is 46.3 Å². The highest BCUT2D eigenvalue weighted by atomic mass is 35.5. The Bertz CT molecular complexity index is 413. The minimum absolute atomic E-state index is 0.0121. The van der Waals surface area contributed by atoms with Gasteiger partial charge in [-0.05, 0) is 31.0 Å². The summed E-state index contributed by atoms with van der Waals surface area (Å²) in [6.45, 7) is 5.80. The number of carbonyl (C=O) groups is 1. The molecule has 0 spiro atoms. The van der Waals surface area contributed by atoms with E-state index in [1.165, 1.54) is 0 Å². The summed E-state index contributed by atoms with van der Waals surface area (Å²) in [5.74, 6) is -0.0121. The average molecular weight is 283 g/mol. The molecule has 0 atom stereocenters. The van der Waals surface area contributed by atoms with Crippen molar-refractivity contribution in [3.8, 4) is 0 Å². The Labute approximate surface area is 120 Å². The van der Waals surface area contributed by atoms with Crippen LogP contribution in [0.2, 0.25) is 5.02 Å². The number of rotatable bonds is 7. The second-order valence-corrected chi connectivity index (χ2v) is 5.17. The van der Waals surface area contributed by atoms with Crippen molar-refractivity contribution in [3.63, 3.8) is 0 Å². The summed E-state index contributed by atoms with van der Waals surface area (Å²) in [7, 11) is 0. The van der Waals surface area contributed by atoms with Crippen molar-refractivity contribution in [1.29, 1.82) is 0 Å². The molecule has 106 valence electrons. The maximum absolute atomic E-state index is 12.5. The van der Waals surface area contributed by atoms with E-state index in [2.05, 4.69) is 13.8 Å². The van der Waals surface area contributed by atoms with Gasteiger partial charge < -0.3 is 10.6 Å². The Kier molecular flexibility index (Phi) is 6.71. The van der Waals surface area contributed by atoms with Gasteiger partial charge in [0.1, 0.15) is 0 Å². The molecule has 0 aromatic heterocycles. The molecule has 3 nitrogen and oxygen atoms in total. The Balaban J connectivity index is 2.87. The molecule has 1 rings (SSSR count). The van der Waals surface area contributed by atoms with Gasteiger partial charge in [-0.1, -0.05) is 38.3 Å². The highest BCUT2D eigenvalue weighted by Crippen LogP contribution is 2.20. The third-order valence-electron chi connectivity index (χ3n) is 3.10. The van der Waals surface area contributed by atoms with E-state index < -0.39 is 0 Å². The molecule has 1 aromatic carbocycles. The van der Waals surface area contributed by atoms with E-state index in [-0.39, 0.29) is 5.91 Å². The highest BCUT2D eigenvalue weighted by molar-refractivity contribution is 6.31. The predicted octanol–water partition coefficient (Wildman–Crippen LogP) is 3.96. The van der Waals surface area contributed by atoms with Crippen LogP contribution in [0, 0.1) is 0 Å². The zero-order valence-electron chi connectivity index (χ0n) is 11.8. The lowest BCUT2D eigenvalue weighted by Crippen LogP contribution is -2.33. The molecule has 0 aliphatic carbocycles. The maximum Gasteiger partial charge on any atom is 0.255 e. The van der Waals surface area contributed by atoms with E-state index in [4.69, 9.17) is 17.3 Å². The quantitative estimate of drug-likeness (QED) is 0.769. The average Bonchev–Trinajstić information content (AvgIpc) is 2.41. The highest BCUT2D eigenvalue weighted by Gasteiger charge is 2.17. The zero-order valence-corrected chi connectivity index (χ0v) is 12.5. The third kappa shape index (κ3) is 4.75. The summed E-state index contributed by atoms with van der Waals surface area (Å²) >= 11 is 5.95. The number of amides is 1. The largest absolute Gasteiger partial charge is 0.398 e. The fourth-order valence-electron chi connectivity index (χ4n) is 1.90. The second-order valence-electron chi connectivity index (χ2n) is 4.73. The number of nitrogens with two attached hydrogens (primary N) is 1. The second kappa shape index (κ2) is 8.05. The molecule has 0 saturated heterocycles. The third-order valence-corrected chi connectivity index (χ3v) is 3.33. The van der Waals surface area contributed by atoms with Gasteiger partial charge in [-0.15, -0.1) is 0 Å². The lowest BCUT2D eigenvalue weighted by molar-refractivity contribution is 0.0752. The van der Waals surface area contributed by atoms with E-state index >= 15 is 0 Å². The van der Waals surface area contributed by atoms with E-state index in [0.29, 0.717) is 16.3 Å². The van der Waals surface area contributed by atoms with Gasteiger partial charge in [0.15, 0.2) is 0 Å². The summed E-state index contributed by atoms with van der Waals surface area (Å²) in [5.41, 5.74) is 6.89. The lowest BCUT2D eigenvalue weighted by Gasteiger charge is -2.23. The lowest BCUT2D eigenvalue weighted by atomic mass is 10.1. The first kappa shape index (κ1) is 15.8. The molecular weight excluding hydrogens is 260 g/mol. The molecule has 0 bridgehead atoms. The van der Waals surface area contributed by atoms with Crippen LogP contribution in [0.15, 0.2) is 18.2 Å². The Hall–Kier alpha value is -1.22. The first-order valence-corrected chi connectivity index (χ1v) is 7.32. The molecule has 0 radical (unpaired) electrons. The molecule has 0 unspecified atom stereocenters. The Morgan fingerprint density at radius 3 is 2.32 bits per heavy atom. The van der Waals surface area contributed by atoms with Gasteiger partial charge in [0.2, 0.25) is 0 Å². The number of benzene rings is 1. The fourth-order valence-corrected chi connectivity index (χ4v) is 2.07. The van der Waals surface area contributed by atoms with Gasteiger partial charge in [-0.25, -0.2) is 0 Å². The molecule has 0 saturated carbocycles. The Morgan fingerprint density at radius 1 is 1.21 bits per heavy atom.